The molecule has 0 bridgehead atoms. The molecule has 3 aromatic rings. The first kappa shape index (κ1) is 13.7. The molecule has 23 heavy (non-hydrogen) atoms. The van der Waals surface area contributed by atoms with E-state index in [2.05, 4.69) is 4.98 Å². The second-order valence-corrected chi connectivity index (χ2v) is 5.48. The standard InChI is InChI=1S/C18H14N2O3/c21-17-9-16(19-15-8-4-3-7-14(15)17)18(22)20-10-12-5-1-2-6-13(12)11-23-20/h1-9H,10-11H2,(H,19,21). The molecule has 5 heteroatoms. The van der Waals surface area contributed by atoms with Gasteiger partial charge in [-0.15, -0.1) is 0 Å². The molecule has 0 saturated carbocycles. The van der Waals surface area contributed by atoms with Gasteiger partial charge in [0, 0.05) is 17.0 Å². The van der Waals surface area contributed by atoms with Crippen molar-refractivity contribution in [2.24, 2.45) is 0 Å². The van der Waals surface area contributed by atoms with Gasteiger partial charge in [-0.1, -0.05) is 36.4 Å². The summed E-state index contributed by atoms with van der Waals surface area (Å²) in [5.41, 5.74) is 2.81. The molecule has 5 nitrogen and oxygen atoms in total. The highest BCUT2D eigenvalue weighted by atomic mass is 16.7. The minimum atomic E-state index is -0.345. The molecule has 1 aromatic heterocycles. The Kier molecular flexibility index (Phi) is 3.20. The van der Waals surface area contributed by atoms with Crippen LogP contribution in [0.4, 0.5) is 0 Å². The molecule has 0 radical (unpaired) electrons. The van der Waals surface area contributed by atoms with E-state index in [9.17, 15) is 9.59 Å². The molecule has 0 unspecified atom stereocenters. The zero-order chi connectivity index (χ0) is 15.8. The molecule has 114 valence electrons. The summed E-state index contributed by atoms with van der Waals surface area (Å²) in [6.45, 7) is 0.712. The van der Waals surface area contributed by atoms with E-state index in [1.807, 2.05) is 30.3 Å². The number of aromatic nitrogens is 1. The number of hydroxylamine groups is 2. The highest BCUT2D eigenvalue weighted by Crippen LogP contribution is 2.21. The summed E-state index contributed by atoms with van der Waals surface area (Å²) in [5, 5.41) is 1.86. The zero-order valence-electron chi connectivity index (χ0n) is 12.3. The Balaban J connectivity index is 1.69. The van der Waals surface area contributed by atoms with E-state index in [-0.39, 0.29) is 17.0 Å². The summed E-state index contributed by atoms with van der Waals surface area (Å²) in [7, 11) is 0. The number of amides is 1. The smallest absolute Gasteiger partial charge is 0.294 e. The number of hydrogen-bond acceptors (Lipinski definition) is 3. The molecule has 1 aliphatic rings. The highest BCUT2D eigenvalue weighted by molar-refractivity contribution is 5.94. The Morgan fingerprint density at radius 2 is 1.78 bits per heavy atom. The Labute approximate surface area is 132 Å². The lowest BCUT2D eigenvalue weighted by atomic mass is 10.1. The van der Waals surface area contributed by atoms with Crippen molar-refractivity contribution in [2.45, 2.75) is 13.2 Å². The van der Waals surface area contributed by atoms with Crippen LogP contribution in [0.25, 0.3) is 10.9 Å². The summed E-state index contributed by atoms with van der Waals surface area (Å²) >= 11 is 0. The van der Waals surface area contributed by atoms with Crippen LogP contribution in [-0.2, 0) is 18.0 Å². The van der Waals surface area contributed by atoms with Crippen LogP contribution in [0, 0.1) is 0 Å². The number of fused-ring (bicyclic) bond motifs is 2. The van der Waals surface area contributed by atoms with Crippen LogP contribution >= 0.6 is 0 Å². The van der Waals surface area contributed by atoms with Gasteiger partial charge in [0.1, 0.15) is 12.3 Å². The second-order valence-electron chi connectivity index (χ2n) is 5.48. The summed E-state index contributed by atoms with van der Waals surface area (Å²) in [4.78, 5) is 33.3. The number of nitrogens with zero attached hydrogens (tertiary/aromatic N) is 1. The SMILES string of the molecule is O=C(c1cc(=O)c2ccccc2[nH]1)N1Cc2ccccc2CO1. The minimum Gasteiger partial charge on any atom is -0.350 e. The summed E-state index contributed by atoms with van der Waals surface area (Å²) in [6.07, 6.45) is 0. The van der Waals surface area contributed by atoms with Gasteiger partial charge >= 0.3 is 0 Å². The first-order chi connectivity index (χ1) is 11.2. The molecule has 4 rings (SSSR count). The van der Waals surface area contributed by atoms with Crippen molar-refractivity contribution in [1.29, 1.82) is 0 Å². The Hall–Kier alpha value is -2.92. The van der Waals surface area contributed by atoms with Gasteiger partial charge in [0.2, 0.25) is 0 Å². The molecular formula is C18H14N2O3. The minimum absolute atomic E-state index is 0.180. The lowest BCUT2D eigenvalue weighted by Crippen LogP contribution is -2.35. The topological polar surface area (TPSA) is 62.4 Å². The van der Waals surface area contributed by atoms with Crippen molar-refractivity contribution in [2.75, 3.05) is 0 Å². The molecule has 0 saturated heterocycles. The molecule has 0 spiro atoms. The lowest BCUT2D eigenvalue weighted by molar-refractivity contribution is -0.150. The first-order valence-corrected chi connectivity index (χ1v) is 7.36. The Bertz CT molecular complexity index is 962. The van der Waals surface area contributed by atoms with Crippen molar-refractivity contribution in [3.63, 3.8) is 0 Å². The van der Waals surface area contributed by atoms with Gasteiger partial charge < -0.3 is 4.98 Å². The second kappa shape index (κ2) is 5.37. The number of benzene rings is 2. The van der Waals surface area contributed by atoms with Crippen molar-refractivity contribution >= 4 is 16.8 Å². The maximum atomic E-state index is 12.6. The van der Waals surface area contributed by atoms with Crippen molar-refractivity contribution < 1.29 is 9.63 Å². The van der Waals surface area contributed by atoms with Crippen molar-refractivity contribution in [1.82, 2.24) is 10.0 Å². The van der Waals surface area contributed by atoms with E-state index in [0.29, 0.717) is 24.1 Å². The maximum absolute atomic E-state index is 12.6. The summed E-state index contributed by atoms with van der Waals surface area (Å²) < 4.78 is 0. The molecule has 0 aliphatic carbocycles. The van der Waals surface area contributed by atoms with Crippen molar-refractivity contribution in [3.8, 4) is 0 Å². The number of para-hydroxylation sites is 1. The van der Waals surface area contributed by atoms with Gasteiger partial charge in [-0.05, 0) is 23.3 Å². The molecule has 1 aliphatic heterocycles. The van der Waals surface area contributed by atoms with Gasteiger partial charge in [-0.25, -0.2) is 5.06 Å². The first-order valence-electron chi connectivity index (χ1n) is 7.36. The Morgan fingerprint density at radius 3 is 2.65 bits per heavy atom. The van der Waals surface area contributed by atoms with Crippen LogP contribution in [-0.4, -0.2) is 16.0 Å². The van der Waals surface area contributed by atoms with E-state index in [1.54, 1.807) is 18.2 Å². The van der Waals surface area contributed by atoms with E-state index in [0.717, 1.165) is 11.1 Å². The summed E-state index contributed by atoms with van der Waals surface area (Å²) in [6, 6.07) is 16.3. The number of carbonyl (C=O) groups is 1. The molecule has 2 heterocycles. The van der Waals surface area contributed by atoms with Gasteiger partial charge in [0.15, 0.2) is 5.43 Å². The molecule has 0 fully saturated rings. The number of rotatable bonds is 1. The number of aromatic amines is 1. The van der Waals surface area contributed by atoms with Crippen LogP contribution in [0.2, 0.25) is 0 Å². The Morgan fingerprint density at radius 1 is 1.04 bits per heavy atom. The largest absolute Gasteiger partial charge is 0.350 e. The average molecular weight is 306 g/mol. The molecule has 2 aromatic carbocycles. The molecular weight excluding hydrogens is 292 g/mol. The fraction of sp³-hybridized carbons (Fsp3) is 0.111. The van der Waals surface area contributed by atoms with Gasteiger partial charge in [0.25, 0.3) is 5.91 Å². The summed E-state index contributed by atoms with van der Waals surface area (Å²) in [5.74, 6) is -0.345. The molecule has 0 atom stereocenters. The van der Waals surface area contributed by atoms with E-state index in [1.165, 1.54) is 11.1 Å². The third kappa shape index (κ3) is 2.41. The van der Waals surface area contributed by atoms with Gasteiger partial charge in [-0.2, -0.15) is 0 Å². The maximum Gasteiger partial charge on any atom is 0.294 e. The number of pyridine rings is 1. The quantitative estimate of drug-likeness (QED) is 0.751. The lowest BCUT2D eigenvalue weighted by Gasteiger charge is -2.27. The zero-order valence-corrected chi connectivity index (χ0v) is 12.3. The van der Waals surface area contributed by atoms with Crippen LogP contribution in [0.1, 0.15) is 21.6 Å². The van der Waals surface area contributed by atoms with Crippen LogP contribution < -0.4 is 5.43 Å². The number of nitrogens with one attached hydrogen (secondary N) is 1. The number of carbonyl (C=O) groups excluding carboxylic acids is 1. The van der Waals surface area contributed by atoms with Gasteiger partial charge in [-0.3, -0.25) is 14.4 Å². The van der Waals surface area contributed by atoms with E-state index < -0.39 is 0 Å². The van der Waals surface area contributed by atoms with E-state index in [4.69, 9.17) is 4.84 Å². The number of hydrogen-bond donors (Lipinski definition) is 1. The monoisotopic (exact) mass is 306 g/mol. The average Bonchev–Trinajstić information content (AvgIpc) is 2.60. The number of H-pyrrole nitrogens is 1. The fourth-order valence-corrected chi connectivity index (χ4v) is 2.78. The van der Waals surface area contributed by atoms with Crippen LogP contribution in [0.15, 0.2) is 59.4 Å². The third-order valence-corrected chi connectivity index (χ3v) is 4.00. The highest BCUT2D eigenvalue weighted by Gasteiger charge is 2.23. The van der Waals surface area contributed by atoms with Crippen molar-refractivity contribution in [3.05, 3.63) is 81.6 Å². The van der Waals surface area contributed by atoms with Crippen LogP contribution in [0.3, 0.4) is 0 Å². The van der Waals surface area contributed by atoms with E-state index >= 15 is 0 Å². The normalized spacial score (nSPS) is 13.8. The molecule has 1 N–H and O–H groups in total. The molecule has 1 amide bonds. The van der Waals surface area contributed by atoms with Crippen LogP contribution in [0.5, 0.6) is 0 Å². The predicted molar refractivity (Wildman–Crippen MR) is 85.7 cm³/mol. The third-order valence-electron chi connectivity index (χ3n) is 4.00. The predicted octanol–water partition coefficient (Wildman–Crippen LogP) is 2.62. The fourth-order valence-electron chi connectivity index (χ4n) is 2.78. The van der Waals surface area contributed by atoms with Gasteiger partial charge in [0.05, 0.1) is 6.54 Å².